The van der Waals surface area contributed by atoms with E-state index in [0.717, 1.165) is 72.5 Å². The number of hydrogen-bond acceptors (Lipinski definition) is 5. The van der Waals surface area contributed by atoms with E-state index in [0.29, 0.717) is 5.56 Å². The maximum atomic E-state index is 13.2. The van der Waals surface area contributed by atoms with Crippen molar-refractivity contribution in [3.05, 3.63) is 77.6 Å². The number of para-hydroxylation sites is 1. The molecule has 0 spiro atoms. The predicted molar refractivity (Wildman–Crippen MR) is 136 cm³/mol. The Morgan fingerprint density at radius 1 is 1.20 bits per heavy atom. The fraction of sp³-hybridized carbons (Fsp3) is 0.321. The monoisotopic (exact) mass is 467 g/mol. The number of fused-ring (bicyclic) bond motifs is 2. The molecule has 2 unspecified atom stereocenters. The third-order valence-corrected chi connectivity index (χ3v) is 7.01. The molecule has 0 saturated carbocycles. The van der Waals surface area contributed by atoms with Crippen LogP contribution in [0.15, 0.2) is 60.8 Å². The number of aromatic amines is 1. The fourth-order valence-corrected chi connectivity index (χ4v) is 5.32. The van der Waals surface area contributed by atoms with E-state index in [1.54, 1.807) is 6.20 Å². The summed E-state index contributed by atoms with van der Waals surface area (Å²) in [6.07, 6.45) is 4.97. The topological polar surface area (TPSA) is 83.1 Å². The van der Waals surface area contributed by atoms with Crippen molar-refractivity contribution in [1.29, 1.82) is 0 Å². The van der Waals surface area contributed by atoms with Gasteiger partial charge in [0.25, 0.3) is 5.91 Å². The van der Waals surface area contributed by atoms with Crippen LogP contribution in [0.4, 0.5) is 0 Å². The summed E-state index contributed by atoms with van der Waals surface area (Å²) < 4.78 is 6.14. The lowest BCUT2D eigenvalue weighted by molar-refractivity contribution is 0.0871. The van der Waals surface area contributed by atoms with Gasteiger partial charge in [-0.25, -0.2) is 0 Å². The van der Waals surface area contributed by atoms with Gasteiger partial charge in [-0.05, 0) is 68.3 Å². The molecule has 2 N–H and O–H groups in total. The normalized spacial score (nSPS) is 19.9. The van der Waals surface area contributed by atoms with E-state index < -0.39 is 0 Å². The summed E-state index contributed by atoms with van der Waals surface area (Å²) in [5, 5.41) is 11.8. The number of amides is 1. The largest absolute Gasteiger partial charge is 0.488 e. The number of piperidine rings is 1. The minimum atomic E-state index is -0.0404. The SMILES string of the molecule is Cc1cc(-c2n[nH]c3ccc(C(=O)NC4CCCN(CC5Cc6ccccc6O5)C4)cc23)ccn1. The number of pyridine rings is 1. The number of nitrogens with one attached hydrogen (secondary N) is 2. The van der Waals surface area contributed by atoms with Gasteiger partial charge in [-0.15, -0.1) is 0 Å². The zero-order chi connectivity index (χ0) is 23.8. The minimum Gasteiger partial charge on any atom is -0.488 e. The van der Waals surface area contributed by atoms with E-state index in [2.05, 4.69) is 37.5 Å². The number of rotatable bonds is 5. The van der Waals surface area contributed by atoms with E-state index in [1.165, 1.54) is 5.56 Å². The van der Waals surface area contributed by atoms with Crippen LogP contribution in [-0.2, 0) is 6.42 Å². The first kappa shape index (κ1) is 21.8. The highest BCUT2D eigenvalue weighted by atomic mass is 16.5. The number of hydrogen-bond donors (Lipinski definition) is 2. The van der Waals surface area contributed by atoms with Crippen molar-refractivity contribution in [1.82, 2.24) is 25.4 Å². The summed E-state index contributed by atoms with van der Waals surface area (Å²) >= 11 is 0. The van der Waals surface area contributed by atoms with E-state index in [9.17, 15) is 4.79 Å². The maximum Gasteiger partial charge on any atom is 0.251 e. The highest BCUT2D eigenvalue weighted by Crippen LogP contribution is 2.29. The number of aromatic nitrogens is 3. The first-order chi connectivity index (χ1) is 17.1. The number of aryl methyl sites for hydroxylation is 1. The first-order valence-corrected chi connectivity index (χ1v) is 12.3. The second-order valence-corrected chi connectivity index (χ2v) is 9.64. The number of ether oxygens (including phenoxy) is 1. The van der Waals surface area contributed by atoms with E-state index in [-0.39, 0.29) is 18.1 Å². The number of benzene rings is 2. The Morgan fingerprint density at radius 3 is 3.00 bits per heavy atom. The molecule has 0 bridgehead atoms. The molecule has 7 heteroatoms. The molecule has 178 valence electrons. The van der Waals surface area contributed by atoms with Crippen molar-refractivity contribution < 1.29 is 9.53 Å². The quantitative estimate of drug-likeness (QED) is 0.461. The summed E-state index contributed by atoms with van der Waals surface area (Å²) in [6, 6.07) is 18.1. The molecule has 4 heterocycles. The van der Waals surface area contributed by atoms with Crippen molar-refractivity contribution in [2.45, 2.75) is 38.3 Å². The fourth-order valence-electron chi connectivity index (χ4n) is 5.32. The van der Waals surface area contributed by atoms with Crippen molar-refractivity contribution in [3.63, 3.8) is 0 Å². The molecule has 6 rings (SSSR count). The van der Waals surface area contributed by atoms with Crippen LogP contribution in [0.1, 0.15) is 34.5 Å². The van der Waals surface area contributed by atoms with Crippen LogP contribution in [0.5, 0.6) is 5.75 Å². The maximum absolute atomic E-state index is 13.2. The van der Waals surface area contributed by atoms with Crippen molar-refractivity contribution in [3.8, 4) is 17.0 Å². The number of carbonyl (C=O) groups excluding carboxylic acids is 1. The number of nitrogens with zero attached hydrogens (tertiary/aromatic N) is 3. The van der Waals surface area contributed by atoms with E-state index in [4.69, 9.17) is 4.74 Å². The van der Waals surface area contributed by atoms with Gasteiger partial charge < -0.3 is 10.1 Å². The molecule has 2 aliphatic heterocycles. The molecule has 1 saturated heterocycles. The average Bonchev–Trinajstić information content (AvgIpc) is 3.47. The lowest BCUT2D eigenvalue weighted by atomic mass is 10.0. The summed E-state index contributed by atoms with van der Waals surface area (Å²) in [5.74, 6) is 0.969. The third kappa shape index (κ3) is 4.51. The smallest absolute Gasteiger partial charge is 0.251 e. The Morgan fingerprint density at radius 2 is 2.11 bits per heavy atom. The Bertz CT molecular complexity index is 1360. The molecule has 2 atom stereocenters. The molecule has 4 aromatic rings. The van der Waals surface area contributed by atoms with Gasteiger partial charge in [0.2, 0.25) is 0 Å². The van der Waals surface area contributed by atoms with Gasteiger partial charge in [-0.3, -0.25) is 19.8 Å². The van der Waals surface area contributed by atoms with Crippen molar-refractivity contribution in [2.24, 2.45) is 0 Å². The molecule has 2 aromatic carbocycles. The Balaban J connectivity index is 1.12. The van der Waals surface area contributed by atoms with Gasteiger partial charge >= 0.3 is 0 Å². The van der Waals surface area contributed by atoms with Crippen LogP contribution < -0.4 is 10.1 Å². The van der Waals surface area contributed by atoms with E-state index >= 15 is 0 Å². The van der Waals surface area contributed by atoms with Gasteiger partial charge in [-0.1, -0.05) is 18.2 Å². The van der Waals surface area contributed by atoms with Gasteiger partial charge in [-0.2, -0.15) is 5.10 Å². The lowest BCUT2D eigenvalue weighted by Gasteiger charge is -2.34. The van der Waals surface area contributed by atoms with Gasteiger partial charge in [0.15, 0.2) is 0 Å². The standard InChI is InChI=1S/C28H29N5O2/c1-18-13-20(10-11-29-18)27-24-15-21(8-9-25(24)31-32-27)28(34)30-22-6-4-12-33(16-22)17-23-14-19-5-2-3-7-26(19)35-23/h2-3,5,7-11,13,15,22-23H,4,6,12,14,16-17H2,1H3,(H,30,34)(H,31,32). The Hall–Kier alpha value is -3.71. The highest BCUT2D eigenvalue weighted by Gasteiger charge is 2.28. The Labute approximate surface area is 204 Å². The first-order valence-electron chi connectivity index (χ1n) is 12.3. The molecule has 1 fully saturated rings. The zero-order valence-electron chi connectivity index (χ0n) is 19.8. The summed E-state index contributed by atoms with van der Waals surface area (Å²) in [5.41, 5.74) is 5.60. The van der Waals surface area contributed by atoms with Crippen molar-refractivity contribution in [2.75, 3.05) is 19.6 Å². The van der Waals surface area contributed by atoms with Gasteiger partial charge in [0, 0.05) is 54.0 Å². The van der Waals surface area contributed by atoms with Crippen LogP contribution in [-0.4, -0.2) is 57.8 Å². The van der Waals surface area contributed by atoms with E-state index in [1.807, 2.05) is 49.4 Å². The Kier molecular flexibility index (Phi) is 5.70. The number of carbonyl (C=O) groups is 1. The molecule has 2 aromatic heterocycles. The molecule has 2 aliphatic rings. The summed E-state index contributed by atoms with van der Waals surface area (Å²) in [7, 11) is 0. The van der Waals surface area contributed by atoms with Crippen LogP contribution in [0, 0.1) is 6.92 Å². The molecule has 35 heavy (non-hydrogen) atoms. The highest BCUT2D eigenvalue weighted by molar-refractivity contribution is 6.01. The minimum absolute atomic E-state index is 0.0404. The van der Waals surface area contributed by atoms with Crippen LogP contribution in [0.3, 0.4) is 0 Å². The number of likely N-dealkylation sites (tertiary alicyclic amines) is 1. The molecular formula is C28H29N5O2. The predicted octanol–water partition coefficient (Wildman–Crippen LogP) is 4.13. The third-order valence-electron chi connectivity index (χ3n) is 7.01. The second-order valence-electron chi connectivity index (χ2n) is 9.64. The molecule has 0 radical (unpaired) electrons. The number of H-pyrrole nitrogens is 1. The van der Waals surface area contributed by atoms with Crippen LogP contribution >= 0.6 is 0 Å². The summed E-state index contributed by atoms with van der Waals surface area (Å²) in [4.78, 5) is 19.9. The molecule has 1 amide bonds. The van der Waals surface area contributed by atoms with Crippen molar-refractivity contribution >= 4 is 16.8 Å². The van der Waals surface area contributed by atoms with Crippen LogP contribution in [0.25, 0.3) is 22.2 Å². The van der Waals surface area contributed by atoms with Gasteiger partial charge in [0.05, 0.1) is 5.52 Å². The molecular weight excluding hydrogens is 438 g/mol. The lowest BCUT2D eigenvalue weighted by Crippen LogP contribution is -2.49. The zero-order valence-corrected chi connectivity index (χ0v) is 19.8. The molecule has 7 nitrogen and oxygen atoms in total. The van der Waals surface area contributed by atoms with Gasteiger partial charge in [0.1, 0.15) is 17.5 Å². The molecule has 0 aliphatic carbocycles. The second kappa shape index (κ2) is 9.15. The average molecular weight is 468 g/mol. The van der Waals surface area contributed by atoms with Crippen LogP contribution in [0.2, 0.25) is 0 Å². The summed E-state index contributed by atoms with van der Waals surface area (Å²) in [6.45, 7) is 4.73.